The van der Waals surface area contributed by atoms with Crippen LogP contribution in [0.4, 0.5) is 0 Å². The molecule has 0 aromatic carbocycles. The molecule has 4 rings (SSSR count). The molecule has 5 nitrogen and oxygen atoms in total. The van der Waals surface area contributed by atoms with Crippen LogP contribution in [0.25, 0.3) is 0 Å². The monoisotopic (exact) mass is 422 g/mol. The normalized spacial score (nSPS) is 50.8. The Hall–Kier alpha value is -0.650. The van der Waals surface area contributed by atoms with Crippen LogP contribution in [0.15, 0.2) is 0 Å². The quantitative estimate of drug-likeness (QED) is 0.513. The first-order valence-corrected chi connectivity index (χ1v) is 12.3. The first kappa shape index (κ1) is 22.5. The fraction of sp³-hybridized carbons (Fsp3) is 0.960. The zero-order valence-electron chi connectivity index (χ0n) is 19.2. The third-order valence-electron chi connectivity index (χ3n) is 10.7. The highest BCUT2D eigenvalue weighted by Crippen LogP contribution is 2.69. The number of hydrogen-bond acceptors (Lipinski definition) is 4. The molecule has 0 heterocycles. The fourth-order valence-corrected chi connectivity index (χ4v) is 9.25. The van der Waals surface area contributed by atoms with Gasteiger partial charge in [-0.3, -0.25) is 4.79 Å². The summed E-state index contributed by atoms with van der Waals surface area (Å²) in [4.78, 5) is 12.3. The van der Waals surface area contributed by atoms with E-state index in [9.17, 15) is 25.2 Å². The number of aliphatic hydroxyl groups excluding tert-OH is 1. The molecule has 0 radical (unpaired) electrons. The number of aliphatic carboxylic acids is 1. The Morgan fingerprint density at radius 2 is 1.70 bits per heavy atom. The summed E-state index contributed by atoms with van der Waals surface area (Å²) < 4.78 is 0. The molecule has 4 aliphatic rings. The molecule has 0 aromatic heterocycles. The van der Waals surface area contributed by atoms with Crippen molar-refractivity contribution < 1.29 is 25.2 Å². The summed E-state index contributed by atoms with van der Waals surface area (Å²) in [6, 6.07) is 0. The molecule has 5 heteroatoms. The van der Waals surface area contributed by atoms with Crippen molar-refractivity contribution in [1.82, 2.24) is 0 Å². The van der Waals surface area contributed by atoms with Gasteiger partial charge in [0.1, 0.15) is 6.10 Å². The van der Waals surface area contributed by atoms with Gasteiger partial charge in [0.05, 0.1) is 5.92 Å². The second kappa shape index (κ2) is 7.45. The van der Waals surface area contributed by atoms with E-state index in [0.717, 1.165) is 12.3 Å². The van der Waals surface area contributed by atoms with Crippen molar-refractivity contribution in [2.24, 2.45) is 52.3 Å². The molecule has 0 bridgehead atoms. The lowest BCUT2D eigenvalue weighted by molar-refractivity contribution is -0.290. The summed E-state index contributed by atoms with van der Waals surface area (Å²) in [5.41, 5.74) is -0.0677. The van der Waals surface area contributed by atoms with Gasteiger partial charge in [-0.15, -0.1) is 0 Å². The Balaban J connectivity index is 1.67. The number of rotatable bonds is 4. The first-order chi connectivity index (χ1) is 14.0. The van der Waals surface area contributed by atoms with Crippen LogP contribution in [0.3, 0.4) is 0 Å². The van der Waals surface area contributed by atoms with Gasteiger partial charge >= 0.3 is 5.97 Å². The maximum atomic E-state index is 12.3. The predicted octanol–water partition coefficient (Wildman–Crippen LogP) is 4.04. The molecule has 0 spiro atoms. The molecule has 10 atom stereocenters. The minimum Gasteiger partial charge on any atom is -0.481 e. The topological polar surface area (TPSA) is 98.0 Å². The van der Waals surface area contributed by atoms with Crippen molar-refractivity contribution >= 4 is 5.97 Å². The van der Waals surface area contributed by atoms with Crippen LogP contribution in [0.2, 0.25) is 0 Å². The van der Waals surface area contributed by atoms with Gasteiger partial charge in [-0.1, -0.05) is 40.5 Å². The summed E-state index contributed by atoms with van der Waals surface area (Å²) in [7, 11) is 0. The second-order valence-electron chi connectivity index (χ2n) is 12.0. The van der Waals surface area contributed by atoms with Crippen molar-refractivity contribution in [1.29, 1.82) is 0 Å². The maximum absolute atomic E-state index is 12.3. The van der Waals surface area contributed by atoms with Gasteiger partial charge in [0, 0.05) is 6.42 Å². The Labute approximate surface area is 181 Å². The van der Waals surface area contributed by atoms with Gasteiger partial charge in [-0.25, -0.2) is 0 Å². The SMILES string of the molecule is CCC[C@@H](C)[C@H]1CC[C@H]2[C@@H]3CC(C(=O)O)C4CC(O)(O)C(O)C[C@]4(C)[C@H]3CC[C@]12C. The van der Waals surface area contributed by atoms with Crippen LogP contribution in [0.1, 0.15) is 85.5 Å². The highest BCUT2D eigenvalue weighted by molar-refractivity contribution is 5.71. The second-order valence-corrected chi connectivity index (χ2v) is 12.0. The molecule has 4 saturated carbocycles. The van der Waals surface area contributed by atoms with E-state index in [1.807, 2.05) is 0 Å². The number of hydrogen-bond donors (Lipinski definition) is 4. The average Bonchev–Trinajstić information content (AvgIpc) is 3.00. The summed E-state index contributed by atoms with van der Waals surface area (Å²) in [6.45, 7) is 9.28. The molecule has 0 saturated heterocycles. The summed E-state index contributed by atoms with van der Waals surface area (Å²) >= 11 is 0. The zero-order valence-corrected chi connectivity index (χ0v) is 19.2. The van der Waals surface area contributed by atoms with Crippen LogP contribution in [0, 0.1) is 52.3 Å². The summed E-state index contributed by atoms with van der Waals surface area (Å²) in [5.74, 6) is -1.13. The van der Waals surface area contributed by atoms with E-state index in [1.54, 1.807) is 0 Å². The van der Waals surface area contributed by atoms with Gasteiger partial charge in [-0.05, 0) is 84.9 Å². The predicted molar refractivity (Wildman–Crippen MR) is 114 cm³/mol. The minimum atomic E-state index is -2.18. The zero-order chi connectivity index (χ0) is 22.1. The molecule has 4 N–H and O–H groups in total. The van der Waals surface area contributed by atoms with Crippen molar-refractivity contribution in [3.05, 3.63) is 0 Å². The van der Waals surface area contributed by atoms with Gasteiger partial charge in [-0.2, -0.15) is 0 Å². The lowest BCUT2D eigenvalue weighted by Crippen LogP contribution is -2.63. The van der Waals surface area contributed by atoms with Crippen LogP contribution in [-0.4, -0.2) is 38.3 Å². The lowest BCUT2D eigenvalue weighted by Gasteiger charge is -2.63. The Bertz CT molecular complexity index is 676. The van der Waals surface area contributed by atoms with E-state index in [-0.39, 0.29) is 29.6 Å². The van der Waals surface area contributed by atoms with E-state index < -0.39 is 23.8 Å². The van der Waals surface area contributed by atoms with Gasteiger partial charge in [0.25, 0.3) is 0 Å². The van der Waals surface area contributed by atoms with Crippen molar-refractivity contribution in [3.63, 3.8) is 0 Å². The van der Waals surface area contributed by atoms with Crippen LogP contribution >= 0.6 is 0 Å². The van der Waals surface area contributed by atoms with E-state index >= 15 is 0 Å². The van der Waals surface area contributed by atoms with Gasteiger partial charge < -0.3 is 20.4 Å². The van der Waals surface area contributed by atoms with E-state index in [2.05, 4.69) is 27.7 Å². The van der Waals surface area contributed by atoms with Crippen LogP contribution in [0.5, 0.6) is 0 Å². The Morgan fingerprint density at radius 3 is 2.33 bits per heavy atom. The molecule has 0 aliphatic heterocycles. The van der Waals surface area contributed by atoms with Gasteiger partial charge in [0.15, 0.2) is 5.79 Å². The third kappa shape index (κ3) is 3.17. The van der Waals surface area contributed by atoms with Crippen LogP contribution < -0.4 is 0 Å². The average molecular weight is 423 g/mol. The standard InChI is InChI=1S/C25H42O5/c1-5-6-14(2)17-7-8-18-15-11-16(22(27)28)20-12-25(29,30)21(26)13-24(20,4)19(15)9-10-23(17,18)3/h14-21,26,29-30H,5-13H2,1-4H3,(H,27,28)/t14-,15+,16?,17-,18+,19+,20?,21?,23-,24-/m1/s1. The molecule has 4 aliphatic carbocycles. The minimum absolute atomic E-state index is 0.0387. The number of carboxylic acid groups (broad SMARTS) is 1. The van der Waals surface area contributed by atoms with Crippen molar-refractivity contribution in [3.8, 4) is 0 Å². The largest absolute Gasteiger partial charge is 0.481 e. The van der Waals surface area contributed by atoms with E-state index in [0.29, 0.717) is 30.1 Å². The molecule has 0 amide bonds. The molecule has 172 valence electrons. The molecule has 3 unspecified atom stereocenters. The third-order valence-corrected chi connectivity index (χ3v) is 10.7. The number of aliphatic hydroxyl groups is 3. The number of carboxylic acids is 1. The molecular weight excluding hydrogens is 380 g/mol. The fourth-order valence-electron chi connectivity index (χ4n) is 9.25. The molecule has 30 heavy (non-hydrogen) atoms. The van der Waals surface area contributed by atoms with Crippen molar-refractivity contribution in [2.45, 2.75) is 97.4 Å². The smallest absolute Gasteiger partial charge is 0.306 e. The highest BCUT2D eigenvalue weighted by atomic mass is 16.5. The molecule has 4 fully saturated rings. The summed E-state index contributed by atoms with van der Waals surface area (Å²) in [6.07, 6.45) is 6.87. The number of carbonyl (C=O) groups is 1. The van der Waals surface area contributed by atoms with E-state index in [1.165, 1.54) is 32.1 Å². The number of fused-ring (bicyclic) bond motifs is 5. The molecular formula is C25H42O5. The lowest BCUT2D eigenvalue weighted by atomic mass is 9.42. The Morgan fingerprint density at radius 1 is 1.03 bits per heavy atom. The summed E-state index contributed by atoms with van der Waals surface area (Å²) in [5, 5.41) is 41.3. The maximum Gasteiger partial charge on any atom is 0.306 e. The Kier molecular flexibility index (Phi) is 5.60. The van der Waals surface area contributed by atoms with Crippen molar-refractivity contribution in [2.75, 3.05) is 0 Å². The van der Waals surface area contributed by atoms with E-state index in [4.69, 9.17) is 0 Å². The van der Waals surface area contributed by atoms with Crippen LogP contribution in [-0.2, 0) is 4.79 Å². The van der Waals surface area contributed by atoms with Gasteiger partial charge in [0.2, 0.25) is 0 Å². The first-order valence-electron chi connectivity index (χ1n) is 12.3. The molecule has 0 aromatic rings. The highest BCUT2D eigenvalue weighted by Gasteiger charge is 2.65.